The van der Waals surface area contributed by atoms with E-state index >= 15 is 0 Å². The molecule has 180 valence electrons. The average molecular weight is 457 g/mol. The first-order chi connectivity index (χ1) is 16.1. The summed E-state index contributed by atoms with van der Waals surface area (Å²) < 4.78 is 3.49. The maximum absolute atomic E-state index is 12.6. The van der Waals surface area contributed by atoms with E-state index in [1.807, 2.05) is 29.9 Å². The molecule has 4 N–H and O–H groups in total. The number of aliphatic hydroxyl groups is 1. The number of nitrogens with two attached hydrogens (primary N) is 1. The van der Waals surface area contributed by atoms with E-state index in [-0.39, 0.29) is 5.69 Å². The molecule has 0 aliphatic carbocycles. The Bertz CT molecular complexity index is 1190. The van der Waals surface area contributed by atoms with Crippen LogP contribution in [0.2, 0.25) is 0 Å². The molecule has 0 saturated carbocycles. The third-order valence-corrected chi connectivity index (χ3v) is 4.76. The predicted molar refractivity (Wildman–Crippen MR) is 134 cm³/mol. The Balaban J connectivity index is 0.000000714. The molecular formula is C23H36N8O2. The Morgan fingerprint density at radius 2 is 1.91 bits per heavy atom. The van der Waals surface area contributed by atoms with Gasteiger partial charge < -0.3 is 15.7 Å². The lowest BCUT2D eigenvalue weighted by Crippen LogP contribution is -2.32. The van der Waals surface area contributed by atoms with Crippen LogP contribution in [0, 0.1) is 0 Å². The second-order valence-corrected chi connectivity index (χ2v) is 7.32. The molecule has 4 aromatic heterocycles. The summed E-state index contributed by atoms with van der Waals surface area (Å²) in [6, 6.07) is 5.55. The second-order valence-electron chi connectivity index (χ2n) is 7.32. The van der Waals surface area contributed by atoms with Crippen LogP contribution in [0.1, 0.15) is 40.5 Å². The van der Waals surface area contributed by atoms with Crippen molar-refractivity contribution < 1.29 is 5.11 Å². The van der Waals surface area contributed by atoms with Crippen LogP contribution in [0.5, 0.6) is 0 Å². The summed E-state index contributed by atoms with van der Waals surface area (Å²) in [6.45, 7) is 11.2. The van der Waals surface area contributed by atoms with Crippen LogP contribution in [-0.2, 0) is 6.54 Å². The molecule has 0 aliphatic heterocycles. The van der Waals surface area contributed by atoms with E-state index in [0.29, 0.717) is 30.1 Å². The molecule has 0 saturated heterocycles. The Morgan fingerprint density at radius 1 is 1.18 bits per heavy atom. The number of hydrogen-bond acceptors (Lipinski definition) is 7. The third-order valence-electron chi connectivity index (χ3n) is 4.76. The van der Waals surface area contributed by atoms with Crippen LogP contribution in [0.4, 0.5) is 5.82 Å². The SMILES string of the molecule is CCC.CCCN(CCN)c1nc(-n2c(=O)[nH]c3ncccc32)cc2cnn(CC)c12.CO. The number of aliphatic hydroxyl groups excluding tert-OH is 1. The van der Waals surface area contributed by atoms with Crippen molar-refractivity contribution >= 4 is 27.9 Å². The maximum Gasteiger partial charge on any atom is 0.333 e. The van der Waals surface area contributed by atoms with Gasteiger partial charge in [-0.05, 0) is 31.5 Å². The van der Waals surface area contributed by atoms with Gasteiger partial charge in [-0.3, -0.25) is 9.67 Å². The van der Waals surface area contributed by atoms with Gasteiger partial charge in [0.15, 0.2) is 11.5 Å². The minimum Gasteiger partial charge on any atom is -0.400 e. The molecule has 0 atom stereocenters. The summed E-state index contributed by atoms with van der Waals surface area (Å²) in [5, 5.41) is 12.4. The van der Waals surface area contributed by atoms with Crippen molar-refractivity contribution in [1.29, 1.82) is 0 Å². The molecule has 4 aromatic rings. The lowest BCUT2D eigenvalue weighted by molar-refractivity contribution is 0.399. The molecule has 0 amide bonds. The number of aryl methyl sites for hydroxylation is 1. The Hall–Kier alpha value is -3.24. The van der Waals surface area contributed by atoms with Crippen molar-refractivity contribution in [3.8, 4) is 5.82 Å². The zero-order valence-electron chi connectivity index (χ0n) is 20.2. The van der Waals surface area contributed by atoms with E-state index in [9.17, 15) is 4.79 Å². The standard InChI is InChI=1S/C19H24N8O.C3H8.CH4O/c1-3-9-25(10-7-20)18-16-13(12-22-26(16)4-2)11-15(23-18)27-14-6-5-8-21-17(14)24-19(27)28;1-3-2;1-2/h5-6,8,11-12H,3-4,7,9-10,20H2,1-2H3,(H,21,24,28);3H2,1-2H3;2H,1H3. The quantitative estimate of drug-likeness (QED) is 0.390. The van der Waals surface area contributed by atoms with Crippen molar-refractivity contribution in [2.45, 2.75) is 47.1 Å². The summed E-state index contributed by atoms with van der Waals surface area (Å²) in [4.78, 5) is 26.7. The fourth-order valence-corrected chi connectivity index (χ4v) is 3.57. The van der Waals surface area contributed by atoms with Crippen molar-refractivity contribution in [3.63, 3.8) is 0 Å². The first-order valence-corrected chi connectivity index (χ1v) is 11.4. The van der Waals surface area contributed by atoms with E-state index in [1.165, 1.54) is 6.42 Å². The molecule has 10 nitrogen and oxygen atoms in total. The van der Waals surface area contributed by atoms with Gasteiger partial charge in [0.2, 0.25) is 0 Å². The highest BCUT2D eigenvalue weighted by atomic mass is 16.2. The number of fused-ring (bicyclic) bond motifs is 2. The van der Waals surface area contributed by atoms with Gasteiger partial charge in [0.05, 0.1) is 11.7 Å². The first-order valence-electron chi connectivity index (χ1n) is 11.4. The summed E-state index contributed by atoms with van der Waals surface area (Å²) in [5.74, 6) is 1.34. The minimum atomic E-state index is -0.268. The molecule has 33 heavy (non-hydrogen) atoms. The van der Waals surface area contributed by atoms with Crippen LogP contribution in [0.25, 0.3) is 27.9 Å². The van der Waals surface area contributed by atoms with E-state index in [1.54, 1.807) is 16.8 Å². The average Bonchev–Trinajstić information content (AvgIpc) is 3.40. The van der Waals surface area contributed by atoms with Crippen molar-refractivity contribution in [3.05, 3.63) is 41.1 Å². The van der Waals surface area contributed by atoms with Crippen LogP contribution in [0.3, 0.4) is 0 Å². The lowest BCUT2D eigenvalue weighted by atomic mass is 10.2. The van der Waals surface area contributed by atoms with Crippen LogP contribution in [0.15, 0.2) is 35.4 Å². The number of pyridine rings is 2. The molecule has 0 fully saturated rings. The number of imidazole rings is 1. The van der Waals surface area contributed by atoms with E-state index in [2.05, 4.69) is 40.7 Å². The fourth-order valence-electron chi connectivity index (χ4n) is 3.57. The molecule has 0 radical (unpaired) electrons. The van der Waals surface area contributed by atoms with E-state index < -0.39 is 0 Å². The molecular weight excluding hydrogens is 420 g/mol. The zero-order valence-corrected chi connectivity index (χ0v) is 20.2. The normalized spacial score (nSPS) is 10.5. The number of nitrogens with one attached hydrogen (secondary N) is 1. The molecule has 10 heteroatoms. The monoisotopic (exact) mass is 456 g/mol. The summed E-state index contributed by atoms with van der Waals surface area (Å²) in [7, 11) is 1.00. The number of anilines is 1. The third kappa shape index (κ3) is 5.58. The molecule has 0 aromatic carbocycles. The number of aromatic amines is 1. The minimum absolute atomic E-state index is 0.268. The Morgan fingerprint density at radius 3 is 2.55 bits per heavy atom. The molecule has 0 aliphatic rings. The highest BCUT2D eigenvalue weighted by Crippen LogP contribution is 2.28. The summed E-state index contributed by atoms with van der Waals surface area (Å²) in [5.41, 5.74) is 7.77. The van der Waals surface area contributed by atoms with Crippen molar-refractivity contribution in [2.24, 2.45) is 5.73 Å². The Kier molecular flexibility index (Phi) is 10.0. The van der Waals surface area contributed by atoms with Crippen LogP contribution in [-0.4, -0.2) is 61.2 Å². The fraction of sp³-hybridized carbons (Fsp3) is 0.478. The number of nitrogens with zero attached hydrogens (tertiary/aromatic N) is 6. The smallest absolute Gasteiger partial charge is 0.333 e. The highest BCUT2D eigenvalue weighted by Gasteiger charge is 2.19. The largest absolute Gasteiger partial charge is 0.400 e. The van der Waals surface area contributed by atoms with Crippen molar-refractivity contribution in [2.75, 3.05) is 31.6 Å². The lowest BCUT2D eigenvalue weighted by Gasteiger charge is -2.24. The van der Waals surface area contributed by atoms with Gasteiger partial charge in [-0.2, -0.15) is 5.10 Å². The van der Waals surface area contributed by atoms with Gasteiger partial charge in [-0.1, -0.05) is 27.2 Å². The molecule has 0 bridgehead atoms. The van der Waals surface area contributed by atoms with E-state index in [0.717, 1.165) is 43.3 Å². The van der Waals surface area contributed by atoms with Crippen LogP contribution < -0.4 is 16.3 Å². The van der Waals surface area contributed by atoms with E-state index in [4.69, 9.17) is 15.8 Å². The van der Waals surface area contributed by atoms with Gasteiger partial charge in [-0.25, -0.2) is 19.3 Å². The van der Waals surface area contributed by atoms with Gasteiger partial charge in [0, 0.05) is 44.9 Å². The highest BCUT2D eigenvalue weighted by molar-refractivity contribution is 5.91. The van der Waals surface area contributed by atoms with Crippen LogP contribution >= 0.6 is 0 Å². The molecule has 0 spiro atoms. The topological polar surface area (TPSA) is 131 Å². The molecule has 4 heterocycles. The second kappa shape index (κ2) is 12.7. The first kappa shape index (κ1) is 26.0. The maximum atomic E-state index is 12.6. The number of aromatic nitrogens is 6. The summed E-state index contributed by atoms with van der Waals surface area (Å²) in [6.07, 6.45) is 5.68. The Labute approximate surface area is 194 Å². The zero-order chi connectivity index (χ0) is 24.4. The number of hydrogen-bond donors (Lipinski definition) is 3. The van der Waals surface area contributed by atoms with Gasteiger partial charge in [0.1, 0.15) is 11.3 Å². The van der Waals surface area contributed by atoms with Gasteiger partial charge in [0.25, 0.3) is 0 Å². The van der Waals surface area contributed by atoms with Gasteiger partial charge >= 0.3 is 5.69 Å². The summed E-state index contributed by atoms with van der Waals surface area (Å²) >= 11 is 0. The predicted octanol–water partition coefficient (Wildman–Crippen LogP) is 2.68. The van der Waals surface area contributed by atoms with Gasteiger partial charge in [-0.15, -0.1) is 0 Å². The molecule has 4 rings (SSSR count). The molecule has 0 unspecified atom stereocenters. The number of rotatable bonds is 7. The number of H-pyrrole nitrogens is 1. The van der Waals surface area contributed by atoms with Crippen molar-refractivity contribution in [1.82, 2.24) is 29.3 Å².